The predicted molar refractivity (Wildman–Crippen MR) is 39.7 cm³/mol. The molecule has 0 aliphatic carbocycles. The van der Waals surface area contributed by atoms with Gasteiger partial charge in [0.1, 0.15) is 11.5 Å². The number of alkyl halides is 6. The molecular weight excluding hydrogens is 356 g/mol. The average molecular weight is 360 g/mol. The number of halogens is 6. The van der Waals surface area contributed by atoms with E-state index in [9.17, 15) is 43.9 Å². The van der Waals surface area contributed by atoms with Crippen molar-refractivity contribution < 1.29 is 63.3 Å². The summed E-state index contributed by atoms with van der Waals surface area (Å²) in [7, 11) is 0. The summed E-state index contributed by atoms with van der Waals surface area (Å²) in [4.78, 5) is 0. The van der Waals surface area contributed by atoms with Crippen LogP contribution >= 0.6 is 0 Å². The number of rotatable bonds is 2. The van der Waals surface area contributed by atoms with Crippen LogP contribution in [0.2, 0.25) is 0 Å². The van der Waals surface area contributed by atoms with Gasteiger partial charge in [-0.1, -0.05) is 0 Å². The fourth-order valence-corrected chi connectivity index (χ4v) is 0.802. The van der Waals surface area contributed by atoms with Crippen molar-refractivity contribution in [2.75, 3.05) is 11.5 Å². The van der Waals surface area contributed by atoms with Crippen LogP contribution in [0.25, 0.3) is 0 Å². The molecule has 0 radical (unpaired) electrons. The Morgan fingerprint density at radius 2 is 0.941 bits per heavy atom. The van der Waals surface area contributed by atoms with Crippen molar-refractivity contribution >= 4 is 22.2 Å². The zero-order chi connectivity index (χ0) is 13.6. The summed E-state index contributed by atoms with van der Waals surface area (Å²) < 4.78 is 103. The molecule has 0 amide bonds. The molecule has 0 aromatic carbocycles. The summed E-state index contributed by atoms with van der Waals surface area (Å²) in [5, 5.41) is 0. The smallest absolute Gasteiger partial charge is 0.772 e. The van der Waals surface area contributed by atoms with Crippen LogP contribution in [0.15, 0.2) is 0 Å². The third-order valence-electron chi connectivity index (χ3n) is 0.563. The molecule has 13 heteroatoms. The van der Waals surface area contributed by atoms with Gasteiger partial charge < -0.3 is 9.11 Å². The first kappa shape index (κ1) is 22.6. The van der Waals surface area contributed by atoms with Gasteiger partial charge in [-0.25, -0.2) is 0 Å². The van der Waals surface area contributed by atoms with Crippen molar-refractivity contribution in [3.8, 4) is 0 Å². The fraction of sp³-hybridized carbons (Fsp3) is 1.00. The maximum absolute atomic E-state index is 10.9. The molecule has 0 aromatic heterocycles. The van der Waals surface area contributed by atoms with E-state index in [1.807, 2.05) is 0 Å². The molecule has 0 bridgehead atoms. The summed E-state index contributed by atoms with van der Waals surface area (Å²) in [6.07, 6.45) is -9.18. The summed E-state index contributed by atoms with van der Waals surface area (Å²) in [6, 6.07) is 0. The monoisotopic (exact) mass is 358 g/mol. The molecule has 0 aliphatic heterocycles. The molecule has 4 nitrogen and oxygen atoms in total. The van der Waals surface area contributed by atoms with Gasteiger partial charge in [0.15, 0.2) is 0 Å². The molecule has 17 heavy (non-hydrogen) atoms. The molecule has 0 heterocycles. The second-order valence-electron chi connectivity index (χ2n) is 2.13. The van der Waals surface area contributed by atoms with Crippen LogP contribution in [-0.4, -0.2) is 41.4 Å². The Labute approximate surface area is 109 Å². The Morgan fingerprint density at radius 3 is 0.941 bits per heavy atom. The van der Waals surface area contributed by atoms with E-state index in [0.717, 1.165) is 0 Å². The van der Waals surface area contributed by atoms with Crippen molar-refractivity contribution in [2.24, 2.45) is 0 Å². The topological polar surface area (TPSA) is 80.3 Å². The van der Waals surface area contributed by atoms with Crippen molar-refractivity contribution in [2.45, 2.75) is 12.4 Å². The first-order valence-corrected chi connectivity index (χ1v) is 5.57. The largest absolute Gasteiger partial charge is 2.00 e. The van der Waals surface area contributed by atoms with Crippen LogP contribution in [0.3, 0.4) is 0 Å². The third-order valence-corrected chi connectivity index (χ3v) is 1.69. The summed E-state index contributed by atoms with van der Waals surface area (Å²) in [5.74, 6) is -3.51. The summed E-state index contributed by atoms with van der Waals surface area (Å²) in [6.45, 7) is 0. The Kier molecular flexibility index (Phi) is 12.4. The van der Waals surface area contributed by atoms with E-state index in [4.69, 9.17) is 0 Å². The Balaban J connectivity index is -0.000000218. The maximum atomic E-state index is 10.9. The van der Waals surface area contributed by atoms with Crippen molar-refractivity contribution in [3.63, 3.8) is 0 Å². The minimum absolute atomic E-state index is 0. The van der Waals surface area contributed by atoms with Crippen molar-refractivity contribution in [1.82, 2.24) is 0 Å². The third kappa shape index (κ3) is 31.4. The Hall–Kier alpha value is 0.423. The van der Waals surface area contributed by atoms with Gasteiger partial charge in [-0.05, 0) is 22.2 Å². The van der Waals surface area contributed by atoms with Crippen molar-refractivity contribution in [3.05, 3.63) is 0 Å². The quantitative estimate of drug-likeness (QED) is 0.416. The normalized spacial score (nSPS) is 15.1. The standard InChI is InChI=1S/2C2H3F3O2S.Zn/c2*3-2(4,5)1-8(6)7;/h2*1H2,(H,6,7);/q;;+2/p-2. The molecule has 0 saturated heterocycles. The molecule has 0 rings (SSSR count). The van der Waals surface area contributed by atoms with Gasteiger partial charge in [-0.3, -0.25) is 8.42 Å². The van der Waals surface area contributed by atoms with E-state index < -0.39 is 46.0 Å². The molecule has 0 aromatic rings. The molecule has 2 unspecified atom stereocenters. The van der Waals surface area contributed by atoms with E-state index in [0.29, 0.717) is 0 Å². The fourth-order valence-electron chi connectivity index (χ4n) is 0.267. The molecule has 0 fully saturated rings. The summed E-state index contributed by atoms with van der Waals surface area (Å²) in [5.41, 5.74) is 0. The van der Waals surface area contributed by atoms with Gasteiger partial charge in [-0.15, -0.1) is 0 Å². The SMILES string of the molecule is O=S([O-])CC(F)(F)F.O=S([O-])CC(F)(F)F.[Zn+2]. The molecule has 0 saturated carbocycles. The van der Waals surface area contributed by atoms with Gasteiger partial charge in [-0.2, -0.15) is 26.3 Å². The van der Waals surface area contributed by atoms with Gasteiger partial charge in [0.05, 0.1) is 0 Å². The molecular formula is C4H4F6O4S2Zn. The van der Waals surface area contributed by atoms with Gasteiger partial charge in [0.2, 0.25) is 0 Å². The zero-order valence-electron chi connectivity index (χ0n) is 7.84. The van der Waals surface area contributed by atoms with E-state index in [2.05, 4.69) is 0 Å². The second kappa shape index (κ2) is 9.37. The molecule has 0 aliphatic rings. The Morgan fingerprint density at radius 1 is 0.765 bits per heavy atom. The van der Waals surface area contributed by atoms with Crippen LogP contribution in [-0.2, 0) is 41.6 Å². The molecule has 0 spiro atoms. The predicted octanol–water partition coefficient (Wildman–Crippen LogP) is 0.853. The average Bonchev–Trinajstić information content (AvgIpc) is 1.72. The first-order valence-electron chi connectivity index (χ1n) is 3.09. The van der Waals surface area contributed by atoms with Crippen LogP contribution in [0.1, 0.15) is 0 Å². The minimum Gasteiger partial charge on any atom is -0.772 e. The van der Waals surface area contributed by atoms with Gasteiger partial charge in [0, 0.05) is 0 Å². The number of hydrogen-bond acceptors (Lipinski definition) is 4. The van der Waals surface area contributed by atoms with E-state index in [1.54, 1.807) is 0 Å². The van der Waals surface area contributed by atoms with Crippen LogP contribution in [0, 0.1) is 0 Å². The molecule has 2 atom stereocenters. The van der Waals surface area contributed by atoms with E-state index >= 15 is 0 Å². The summed E-state index contributed by atoms with van der Waals surface area (Å²) >= 11 is -6.02. The van der Waals surface area contributed by atoms with Gasteiger partial charge in [0.25, 0.3) is 0 Å². The first-order chi connectivity index (χ1) is 6.83. The molecule has 0 N–H and O–H groups in total. The Bertz CT molecular complexity index is 227. The van der Waals surface area contributed by atoms with Crippen molar-refractivity contribution in [1.29, 1.82) is 0 Å². The van der Waals surface area contributed by atoms with Crippen LogP contribution in [0.4, 0.5) is 26.3 Å². The number of hydrogen-bond donors (Lipinski definition) is 0. The van der Waals surface area contributed by atoms with Gasteiger partial charge >= 0.3 is 31.8 Å². The zero-order valence-corrected chi connectivity index (χ0v) is 12.4. The second-order valence-corrected chi connectivity index (χ2v) is 3.92. The maximum Gasteiger partial charge on any atom is 2.00 e. The van der Waals surface area contributed by atoms with Crippen LogP contribution in [0.5, 0.6) is 0 Å². The molecule has 100 valence electrons. The minimum atomic E-state index is -4.59. The van der Waals surface area contributed by atoms with E-state index in [-0.39, 0.29) is 19.5 Å². The van der Waals surface area contributed by atoms with E-state index in [1.165, 1.54) is 0 Å². The van der Waals surface area contributed by atoms with Crippen LogP contribution < -0.4 is 0 Å².